The summed E-state index contributed by atoms with van der Waals surface area (Å²) in [4.78, 5) is 49.5. The minimum absolute atomic E-state index is 0.0863. The van der Waals surface area contributed by atoms with Gasteiger partial charge in [0.2, 0.25) is 17.0 Å². The molecule has 0 aliphatic carbocycles. The number of fused-ring (bicyclic) bond motifs is 2. The number of aryl methyl sites for hydroxylation is 1. The molecule has 2 aliphatic heterocycles. The molecule has 1 aromatic carbocycles. The van der Waals surface area contributed by atoms with Crippen LogP contribution in [-0.4, -0.2) is 52.0 Å². The maximum atomic E-state index is 11.5. The van der Waals surface area contributed by atoms with E-state index in [4.69, 9.17) is 34.4 Å². The van der Waals surface area contributed by atoms with Gasteiger partial charge in [0.15, 0.2) is 11.5 Å². The summed E-state index contributed by atoms with van der Waals surface area (Å²) in [7, 11) is 1.51. The van der Waals surface area contributed by atoms with Gasteiger partial charge in [-0.05, 0) is 56.2 Å². The Morgan fingerprint density at radius 2 is 1.77 bits per heavy atom. The third-order valence-electron chi connectivity index (χ3n) is 4.44. The van der Waals surface area contributed by atoms with Gasteiger partial charge in [-0.2, -0.15) is 9.59 Å². The molecule has 0 radical (unpaired) electrons. The zero-order chi connectivity index (χ0) is 23.2. The molecule has 0 spiro atoms. The molecule has 3 rings (SSSR count). The van der Waals surface area contributed by atoms with Crippen LogP contribution in [0.4, 0.5) is 0 Å². The van der Waals surface area contributed by atoms with Gasteiger partial charge in [0, 0.05) is 0 Å². The second-order valence-corrected chi connectivity index (χ2v) is 6.44. The number of rotatable bonds is 2. The first-order valence-corrected chi connectivity index (χ1v) is 8.39. The molecule has 0 saturated heterocycles. The Kier molecular flexibility index (Phi) is 7.80. The van der Waals surface area contributed by atoms with Crippen molar-refractivity contribution < 1.29 is 44.0 Å². The molecule has 30 heavy (non-hydrogen) atoms. The van der Waals surface area contributed by atoms with Crippen molar-refractivity contribution in [1.29, 1.82) is 0 Å². The summed E-state index contributed by atoms with van der Waals surface area (Å²) in [6, 6.07) is 1.80. The van der Waals surface area contributed by atoms with Crippen LogP contribution < -0.4 is 5.43 Å². The first-order chi connectivity index (χ1) is 13.9. The minimum Gasteiger partial charge on any atom is -0.504 e. The summed E-state index contributed by atoms with van der Waals surface area (Å²) in [5.41, 5.74) is -0.229. The quantitative estimate of drug-likeness (QED) is 0.590. The van der Waals surface area contributed by atoms with Crippen molar-refractivity contribution in [3.63, 3.8) is 0 Å². The number of hydrogen-bond acceptors (Lipinski definition) is 9. The maximum absolute atomic E-state index is 11.5. The van der Waals surface area contributed by atoms with Crippen molar-refractivity contribution in [2.24, 2.45) is 0 Å². The monoisotopic (exact) mass is 420 g/mol. The summed E-state index contributed by atoms with van der Waals surface area (Å²) in [5.74, 6) is -2.53. The lowest BCUT2D eigenvalue weighted by molar-refractivity contribution is -0.191. The number of carboxylic acids is 1. The number of aromatic hydroxyl groups is 2. The standard InChI is InChI=1S/C10H12O3.C9H8O5.CO2/c1-6-4-7-9(11)8(12-3)5-10(6,2)13-7;1-4-2-6(10)8(12)7(11)3-5(4)9(13)14;2-1-3/h4-5,7H,1-3H3;2-3H,1H3,(H,13,14)(H2,10,11,12);/t7-,10-;;/m0../s1. The molecular weight excluding hydrogens is 400 g/mol. The third kappa shape index (κ3) is 5.19. The number of carboxylic acid groups (broad SMARTS) is 1. The molecule has 3 N–H and O–H groups in total. The van der Waals surface area contributed by atoms with E-state index in [1.165, 1.54) is 14.0 Å². The van der Waals surface area contributed by atoms with Gasteiger partial charge < -0.3 is 24.8 Å². The van der Waals surface area contributed by atoms with Crippen molar-refractivity contribution >= 4 is 17.9 Å². The van der Waals surface area contributed by atoms with Crippen LogP contribution in [0.5, 0.6) is 11.5 Å². The minimum atomic E-state index is -1.27. The zero-order valence-corrected chi connectivity index (χ0v) is 16.6. The average Bonchev–Trinajstić information content (AvgIpc) is 2.88. The van der Waals surface area contributed by atoms with Crippen LogP contribution in [0, 0.1) is 6.92 Å². The fourth-order valence-corrected chi connectivity index (χ4v) is 2.70. The molecule has 10 nitrogen and oxygen atoms in total. The highest BCUT2D eigenvalue weighted by molar-refractivity contribution is 6.00. The lowest BCUT2D eigenvalue weighted by atomic mass is 9.98. The van der Waals surface area contributed by atoms with Crippen LogP contribution in [0.2, 0.25) is 0 Å². The van der Waals surface area contributed by atoms with Gasteiger partial charge in [0.05, 0.1) is 12.7 Å². The number of carbonyl (C=O) groups is 2. The average molecular weight is 420 g/mol. The zero-order valence-electron chi connectivity index (χ0n) is 16.6. The number of aromatic carboxylic acids is 1. The van der Waals surface area contributed by atoms with Gasteiger partial charge in [0.25, 0.3) is 0 Å². The second kappa shape index (κ2) is 9.64. The topological polar surface area (TPSA) is 164 Å². The molecular formula is C20H20O10. The number of hydrogen-bond donors (Lipinski definition) is 3. The Bertz CT molecular complexity index is 1010. The lowest BCUT2D eigenvalue weighted by Gasteiger charge is -2.28. The van der Waals surface area contributed by atoms with E-state index in [-0.39, 0.29) is 23.1 Å². The van der Waals surface area contributed by atoms with Crippen molar-refractivity contribution in [3.05, 3.63) is 57.0 Å². The fraction of sp³-hybridized carbons (Fsp3) is 0.300. The maximum Gasteiger partial charge on any atom is 0.373 e. The number of ether oxygens (including phenoxy) is 2. The summed E-state index contributed by atoms with van der Waals surface area (Å²) >= 11 is 0. The van der Waals surface area contributed by atoms with Gasteiger partial charge in [-0.15, -0.1) is 0 Å². The second-order valence-electron chi connectivity index (χ2n) is 6.44. The van der Waals surface area contributed by atoms with E-state index < -0.39 is 34.6 Å². The van der Waals surface area contributed by atoms with Gasteiger partial charge >= 0.3 is 12.1 Å². The Hall–Kier alpha value is -3.75. The van der Waals surface area contributed by atoms with Gasteiger partial charge in [-0.3, -0.25) is 9.59 Å². The van der Waals surface area contributed by atoms with Crippen LogP contribution in [0.15, 0.2) is 40.4 Å². The number of Topliss-reactive ketones (excluding diaryl/α,β-unsaturated/α-hetero) is 1. The molecule has 10 heteroatoms. The molecule has 2 atom stereocenters. The van der Waals surface area contributed by atoms with Crippen molar-refractivity contribution in [3.8, 4) is 11.5 Å². The van der Waals surface area contributed by atoms with Crippen LogP contribution in [0.1, 0.15) is 29.8 Å². The van der Waals surface area contributed by atoms with E-state index in [2.05, 4.69) is 0 Å². The predicted octanol–water partition coefficient (Wildman–Crippen LogP) is 1.08. The van der Waals surface area contributed by atoms with Crippen molar-refractivity contribution in [2.45, 2.75) is 32.5 Å². The Balaban J connectivity index is 0.000000266. The Morgan fingerprint density at radius 1 is 1.20 bits per heavy atom. The molecule has 0 fully saturated rings. The van der Waals surface area contributed by atoms with Gasteiger partial charge in [-0.1, -0.05) is 0 Å². The summed E-state index contributed by atoms with van der Waals surface area (Å²) < 4.78 is 10.5. The van der Waals surface area contributed by atoms with Gasteiger partial charge in [0.1, 0.15) is 11.7 Å². The summed E-state index contributed by atoms with van der Waals surface area (Å²) in [6.45, 7) is 5.30. The van der Waals surface area contributed by atoms with Crippen LogP contribution in [0.25, 0.3) is 0 Å². The molecule has 0 saturated carbocycles. The molecule has 0 aromatic heterocycles. The highest BCUT2D eigenvalue weighted by atomic mass is 16.5. The number of carbonyl (C=O) groups excluding carboxylic acids is 3. The molecule has 1 aromatic rings. The van der Waals surface area contributed by atoms with E-state index in [9.17, 15) is 14.4 Å². The van der Waals surface area contributed by atoms with Crippen LogP contribution >= 0.6 is 0 Å². The highest BCUT2D eigenvalue weighted by Gasteiger charge is 2.44. The van der Waals surface area contributed by atoms with E-state index in [1.54, 1.807) is 6.08 Å². The molecule has 160 valence electrons. The summed E-state index contributed by atoms with van der Waals surface area (Å²) in [5, 5.41) is 26.8. The number of ketones is 1. The molecule has 2 bridgehead atoms. The largest absolute Gasteiger partial charge is 0.504 e. The van der Waals surface area contributed by atoms with Crippen molar-refractivity contribution in [2.75, 3.05) is 7.11 Å². The van der Waals surface area contributed by atoms with Crippen LogP contribution in [0.3, 0.4) is 0 Å². The first-order valence-electron chi connectivity index (χ1n) is 8.39. The van der Waals surface area contributed by atoms with Gasteiger partial charge in [-0.25, -0.2) is 4.79 Å². The van der Waals surface area contributed by atoms with Crippen LogP contribution in [-0.2, 0) is 23.9 Å². The third-order valence-corrected chi connectivity index (χ3v) is 4.44. The molecule has 0 unspecified atom stereocenters. The normalized spacial score (nSPS) is 20.9. The number of methoxy groups -OCH3 is 1. The lowest BCUT2D eigenvalue weighted by Crippen LogP contribution is -2.36. The first kappa shape index (κ1) is 24.3. The molecule has 2 heterocycles. The fourth-order valence-electron chi connectivity index (χ4n) is 2.70. The van der Waals surface area contributed by atoms with E-state index in [0.717, 1.165) is 17.7 Å². The van der Waals surface area contributed by atoms with E-state index in [1.807, 2.05) is 19.9 Å². The SMILES string of the molecule is COC1=C[C@]2(C)O[C@@H](C=C2C)C1=O.Cc1cc(=O)c(O)c(O)cc1C(=O)O.O=C=O. The highest BCUT2D eigenvalue weighted by Crippen LogP contribution is 2.37. The molecule has 0 amide bonds. The predicted molar refractivity (Wildman–Crippen MR) is 99.9 cm³/mol. The summed E-state index contributed by atoms with van der Waals surface area (Å²) in [6.07, 6.45) is 3.40. The van der Waals surface area contributed by atoms with E-state index >= 15 is 0 Å². The van der Waals surface area contributed by atoms with E-state index in [0.29, 0.717) is 5.76 Å². The van der Waals surface area contributed by atoms with Crippen molar-refractivity contribution in [1.82, 2.24) is 0 Å². The molecule has 2 aliphatic rings. The smallest absolute Gasteiger partial charge is 0.373 e. The Labute approximate surface area is 170 Å². The Morgan fingerprint density at radius 3 is 2.27 bits per heavy atom.